The second-order valence-electron chi connectivity index (χ2n) is 6.00. The lowest BCUT2D eigenvalue weighted by molar-refractivity contribution is -0.139. The normalized spacial score (nSPS) is 11.7. The summed E-state index contributed by atoms with van der Waals surface area (Å²) in [5.41, 5.74) is 3.68. The number of nitrogens with zero attached hydrogens (tertiary/aromatic N) is 1. The molecule has 2 rings (SSSR count). The Morgan fingerprint density at radius 3 is 2.45 bits per heavy atom. The van der Waals surface area contributed by atoms with Crippen LogP contribution >= 0.6 is 11.6 Å². The Labute approximate surface area is 175 Å². The highest BCUT2D eigenvalue weighted by atomic mass is 35.5. The summed E-state index contributed by atoms with van der Waals surface area (Å²) >= 11 is 6.24. The number of halogens is 1. The number of hydrazone groups is 1. The number of hydrogen-bond donors (Lipinski definition) is 2. The van der Waals surface area contributed by atoms with Crippen LogP contribution in [0.25, 0.3) is 0 Å². The Morgan fingerprint density at radius 1 is 1.10 bits per heavy atom. The highest BCUT2D eigenvalue weighted by molar-refractivity contribution is 6.35. The predicted octanol–water partition coefficient (Wildman–Crippen LogP) is 3.46. The van der Waals surface area contributed by atoms with Crippen molar-refractivity contribution in [1.82, 2.24) is 10.7 Å². The first-order valence-electron chi connectivity index (χ1n) is 9.24. The van der Waals surface area contributed by atoms with Gasteiger partial charge in [0.2, 0.25) is 0 Å². The maximum Gasteiger partial charge on any atom is 0.329 e. The van der Waals surface area contributed by atoms with Crippen molar-refractivity contribution in [3.05, 3.63) is 58.6 Å². The summed E-state index contributed by atoms with van der Waals surface area (Å²) in [4.78, 5) is 24.0. The van der Waals surface area contributed by atoms with Crippen LogP contribution in [0.3, 0.4) is 0 Å². The lowest BCUT2D eigenvalue weighted by atomic mass is 10.1. The lowest BCUT2D eigenvalue weighted by Gasteiger charge is -2.13. The quantitative estimate of drug-likeness (QED) is 0.391. The van der Waals surface area contributed by atoms with Crippen LogP contribution in [0.5, 0.6) is 11.5 Å². The maximum atomic E-state index is 12.0. The molecule has 0 unspecified atom stereocenters. The summed E-state index contributed by atoms with van der Waals surface area (Å²) in [6.07, 6.45) is 1.37. The van der Waals surface area contributed by atoms with Crippen molar-refractivity contribution in [3.63, 3.8) is 0 Å². The van der Waals surface area contributed by atoms with Crippen molar-refractivity contribution in [2.24, 2.45) is 5.10 Å². The molecule has 7 nitrogen and oxygen atoms in total. The molecule has 2 aromatic carbocycles. The van der Waals surface area contributed by atoms with Gasteiger partial charge in [-0.25, -0.2) is 5.43 Å². The van der Waals surface area contributed by atoms with Gasteiger partial charge in [0.05, 0.1) is 30.5 Å². The molecule has 0 spiro atoms. The summed E-state index contributed by atoms with van der Waals surface area (Å²) in [6, 6.07) is 12.3. The second-order valence-corrected chi connectivity index (χ2v) is 6.41. The molecule has 29 heavy (non-hydrogen) atoms. The Bertz CT molecular complexity index is 872. The molecule has 0 fully saturated rings. The molecule has 0 radical (unpaired) electrons. The largest absolute Gasteiger partial charge is 0.490 e. The predicted molar refractivity (Wildman–Crippen MR) is 113 cm³/mol. The van der Waals surface area contributed by atoms with Crippen molar-refractivity contribution in [1.29, 1.82) is 0 Å². The van der Waals surface area contributed by atoms with Gasteiger partial charge in [0, 0.05) is 0 Å². The number of rotatable bonds is 8. The standard InChI is InChI=1S/C21H24ClN3O4/c1-4-28-18-12-15(11-17(22)19(18)29-5-2)13-23-25-21(27)20(26)24-14(3)16-9-7-6-8-10-16/h6-14H,4-5H2,1-3H3,(H,24,26)(H,25,27)/b23-13-/t14-/m0/s1. The minimum absolute atomic E-state index is 0.308. The van der Waals surface area contributed by atoms with Crippen LogP contribution in [0.4, 0.5) is 0 Å². The van der Waals surface area contributed by atoms with E-state index in [0.717, 1.165) is 5.56 Å². The van der Waals surface area contributed by atoms with Gasteiger partial charge in [-0.05, 0) is 44.0 Å². The number of hydrogen-bond acceptors (Lipinski definition) is 5. The van der Waals surface area contributed by atoms with Gasteiger partial charge in [-0.2, -0.15) is 5.10 Å². The van der Waals surface area contributed by atoms with Crippen molar-refractivity contribution < 1.29 is 19.1 Å². The highest BCUT2D eigenvalue weighted by Gasteiger charge is 2.16. The second kappa shape index (κ2) is 11.1. The van der Waals surface area contributed by atoms with Crippen molar-refractivity contribution in [2.45, 2.75) is 26.8 Å². The first-order chi connectivity index (χ1) is 14.0. The van der Waals surface area contributed by atoms with Crippen LogP contribution in [-0.4, -0.2) is 31.2 Å². The fraction of sp³-hybridized carbons (Fsp3) is 0.286. The molecule has 2 amide bonds. The number of amides is 2. The number of carbonyl (C=O) groups excluding carboxylic acids is 2. The van der Waals surface area contributed by atoms with Gasteiger partial charge in [-0.3, -0.25) is 9.59 Å². The van der Waals surface area contributed by atoms with Crippen molar-refractivity contribution in [3.8, 4) is 11.5 Å². The van der Waals surface area contributed by atoms with E-state index < -0.39 is 11.8 Å². The van der Waals surface area contributed by atoms with Crippen LogP contribution in [-0.2, 0) is 9.59 Å². The van der Waals surface area contributed by atoms with Gasteiger partial charge in [0.1, 0.15) is 0 Å². The molecule has 154 valence electrons. The average Bonchev–Trinajstić information content (AvgIpc) is 2.71. The Morgan fingerprint density at radius 2 is 1.79 bits per heavy atom. The Kier molecular flexibility index (Phi) is 8.48. The number of ether oxygens (including phenoxy) is 2. The number of carbonyl (C=O) groups is 2. The molecular weight excluding hydrogens is 394 g/mol. The van der Waals surface area contributed by atoms with E-state index in [0.29, 0.717) is 35.3 Å². The highest BCUT2D eigenvalue weighted by Crippen LogP contribution is 2.36. The fourth-order valence-electron chi connectivity index (χ4n) is 2.51. The average molecular weight is 418 g/mol. The van der Waals surface area contributed by atoms with Crippen molar-refractivity contribution in [2.75, 3.05) is 13.2 Å². The molecule has 0 aliphatic carbocycles. The van der Waals surface area contributed by atoms with Crippen LogP contribution < -0.4 is 20.2 Å². The number of nitrogens with one attached hydrogen (secondary N) is 2. The minimum atomic E-state index is -0.869. The summed E-state index contributed by atoms with van der Waals surface area (Å²) in [6.45, 7) is 6.37. The van der Waals surface area contributed by atoms with Gasteiger partial charge in [0.15, 0.2) is 11.5 Å². The van der Waals surface area contributed by atoms with E-state index in [1.54, 1.807) is 19.1 Å². The van der Waals surface area contributed by atoms with Crippen molar-refractivity contribution >= 4 is 29.6 Å². The molecule has 0 aromatic heterocycles. The molecule has 0 saturated carbocycles. The monoisotopic (exact) mass is 417 g/mol. The topological polar surface area (TPSA) is 89.0 Å². The Hall–Kier alpha value is -3.06. The summed E-state index contributed by atoms with van der Waals surface area (Å²) in [7, 11) is 0. The third-order valence-corrected chi connectivity index (χ3v) is 4.13. The minimum Gasteiger partial charge on any atom is -0.490 e. The smallest absolute Gasteiger partial charge is 0.329 e. The molecule has 0 aliphatic heterocycles. The molecule has 0 bridgehead atoms. The van der Waals surface area contributed by atoms with Crippen LogP contribution in [0, 0.1) is 0 Å². The molecule has 2 aromatic rings. The van der Waals surface area contributed by atoms with E-state index in [-0.39, 0.29) is 6.04 Å². The SMILES string of the molecule is CCOc1cc(/C=N\NC(=O)C(=O)N[C@@H](C)c2ccccc2)cc(Cl)c1OCC. The van der Waals surface area contributed by atoms with E-state index in [2.05, 4.69) is 15.8 Å². The van der Waals surface area contributed by atoms with Gasteiger partial charge in [-0.1, -0.05) is 41.9 Å². The lowest BCUT2D eigenvalue weighted by Crippen LogP contribution is -2.39. The zero-order valence-corrected chi connectivity index (χ0v) is 17.3. The first kappa shape index (κ1) is 22.2. The molecule has 0 saturated heterocycles. The van der Waals surface area contributed by atoms with E-state index in [1.165, 1.54) is 6.21 Å². The molecule has 2 N–H and O–H groups in total. The molecule has 8 heteroatoms. The third-order valence-electron chi connectivity index (χ3n) is 3.85. The maximum absolute atomic E-state index is 12.0. The van der Waals surface area contributed by atoms with Gasteiger partial charge >= 0.3 is 11.8 Å². The number of benzene rings is 2. The fourth-order valence-corrected chi connectivity index (χ4v) is 2.79. The summed E-state index contributed by atoms with van der Waals surface area (Å²) in [5, 5.41) is 6.80. The molecular formula is C21H24ClN3O4. The van der Waals surface area contributed by atoms with E-state index in [1.807, 2.05) is 44.2 Å². The Balaban J connectivity index is 1.99. The van der Waals surface area contributed by atoms with E-state index in [9.17, 15) is 9.59 Å². The van der Waals surface area contributed by atoms with E-state index >= 15 is 0 Å². The zero-order valence-electron chi connectivity index (χ0n) is 16.6. The molecule has 0 heterocycles. The van der Waals surface area contributed by atoms with Gasteiger partial charge in [0.25, 0.3) is 0 Å². The summed E-state index contributed by atoms with van der Waals surface area (Å²) < 4.78 is 11.0. The molecule has 0 aliphatic rings. The van der Waals surface area contributed by atoms with Crippen LogP contribution in [0.2, 0.25) is 5.02 Å². The van der Waals surface area contributed by atoms with E-state index in [4.69, 9.17) is 21.1 Å². The van der Waals surface area contributed by atoms with Crippen LogP contribution in [0.1, 0.15) is 37.9 Å². The molecule has 1 atom stereocenters. The summed E-state index contributed by atoms with van der Waals surface area (Å²) in [5.74, 6) is -0.722. The van der Waals surface area contributed by atoms with Crippen LogP contribution in [0.15, 0.2) is 47.6 Å². The van der Waals surface area contributed by atoms with Gasteiger partial charge < -0.3 is 14.8 Å². The van der Waals surface area contributed by atoms with Gasteiger partial charge in [-0.15, -0.1) is 0 Å². The third kappa shape index (κ3) is 6.50. The zero-order chi connectivity index (χ0) is 21.2. The first-order valence-corrected chi connectivity index (χ1v) is 9.62.